The van der Waals surface area contributed by atoms with Gasteiger partial charge in [-0.05, 0) is 55.5 Å². The van der Waals surface area contributed by atoms with Gasteiger partial charge >= 0.3 is 6.03 Å². The quantitative estimate of drug-likeness (QED) is 0.515. The lowest BCUT2D eigenvalue weighted by atomic mass is 9.76. The lowest BCUT2D eigenvalue weighted by Crippen LogP contribution is -2.62. The van der Waals surface area contributed by atoms with Gasteiger partial charge in [0.15, 0.2) is 0 Å². The number of methoxy groups -OCH3 is 1. The molecule has 3 fully saturated rings. The maximum absolute atomic E-state index is 13.1. The molecule has 3 aliphatic rings. The number of rotatable bonds is 9. The molecule has 2 N–H and O–H groups in total. The van der Waals surface area contributed by atoms with Crippen LogP contribution in [-0.4, -0.2) is 86.6 Å². The molecule has 39 heavy (non-hydrogen) atoms. The molecule has 3 atom stereocenters. The second kappa shape index (κ2) is 12.5. The third-order valence-corrected chi connectivity index (χ3v) is 8.36. The molecule has 0 spiro atoms. The Hall–Kier alpha value is -3.59. The Balaban J connectivity index is 1.03. The van der Waals surface area contributed by atoms with E-state index in [1.54, 1.807) is 7.11 Å². The Kier molecular flexibility index (Phi) is 8.66. The summed E-state index contributed by atoms with van der Waals surface area (Å²) >= 11 is 0. The van der Waals surface area contributed by atoms with E-state index in [2.05, 4.69) is 32.6 Å². The van der Waals surface area contributed by atoms with Crippen LogP contribution in [-0.2, 0) is 16.0 Å². The van der Waals surface area contributed by atoms with Gasteiger partial charge in [-0.2, -0.15) is 0 Å². The zero-order chi connectivity index (χ0) is 27.2. The molecule has 2 aromatic carbocycles. The maximum atomic E-state index is 13.1. The summed E-state index contributed by atoms with van der Waals surface area (Å²) in [4.78, 5) is 44.9. The van der Waals surface area contributed by atoms with Gasteiger partial charge in [-0.25, -0.2) is 4.79 Å². The minimum atomic E-state index is -0.341. The molecule has 2 heterocycles. The molecule has 2 aliphatic heterocycles. The normalized spacial score (nSPS) is 23.7. The van der Waals surface area contributed by atoms with Crippen molar-refractivity contribution in [3.8, 4) is 5.75 Å². The van der Waals surface area contributed by atoms with Crippen molar-refractivity contribution in [2.24, 2.45) is 11.8 Å². The summed E-state index contributed by atoms with van der Waals surface area (Å²) in [5, 5.41) is 6.12. The minimum Gasteiger partial charge on any atom is -0.497 e. The fourth-order valence-corrected chi connectivity index (χ4v) is 6.00. The Labute approximate surface area is 230 Å². The van der Waals surface area contributed by atoms with E-state index in [4.69, 9.17) is 4.74 Å². The summed E-state index contributed by atoms with van der Waals surface area (Å²) < 4.78 is 5.25. The van der Waals surface area contributed by atoms with E-state index in [-0.39, 0.29) is 35.7 Å². The zero-order valence-electron chi connectivity index (χ0n) is 22.7. The van der Waals surface area contributed by atoms with Crippen molar-refractivity contribution in [2.75, 3.05) is 57.8 Å². The lowest BCUT2D eigenvalue weighted by molar-refractivity contribution is -0.139. The van der Waals surface area contributed by atoms with Crippen molar-refractivity contribution in [3.63, 3.8) is 0 Å². The lowest BCUT2D eigenvalue weighted by Gasteiger charge is -2.42. The first-order valence-corrected chi connectivity index (χ1v) is 14.1. The average molecular weight is 534 g/mol. The second-order valence-corrected chi connectivity index (χ2v) is 10.7. The first kappa shape index (κ1) is 27.0. The predicted octanol–water partition coefficient (Wildman–Crippen LogP) is 2.51. The van der Waals surface area contributed by atoms with Crippen LogP contribution in [0, 0.1) is 11.8 Å². The summed E-state index contributed by atoms with van der Waals surface area (Å²) in [7, 11) is 1.67. The van der Waals surface area contributed by atoms with Gasteiger partial charge in [0.05, 0.1) is 13.0 Å². The molecule has 0 aromatic heterocycles. The molecular weight excluding hydrogens is 494 g/mol. The van der Waals surface area contributed by atoms with E-state index in [0.717, 1.165) is 44.0 Å². The van der Waals surface area contributed by atoms with Crippen molar-refractivity contribution < 1.29 is 19.1 Å². The highest BCUT2D eigenvalue weighted by atomic mass is 16.5. The molecule has 3 unspecified atom stereocenters. The Morgan fingerprint density at radius 2 is 1.72 bits per heavy atom. The monoisotopic (exact) mass is 533 g/mol. The fraction of sp³-hybridized carbons (Fsp3) is 0.500. The molecule has 208 valence electrons. The largest absolute Gasteiger partial charge is 0.497 e. The van der Waals surface area contributed by atoms with Crippen LogP contribution < -0.4 is 20.3 Å². The number of anilines is 1. The van der Waals surface area contributed by atoms with Crippen LogP contribution in [0.1, 0.15) is 24.8 Å². The maximum Gasteiger partial charge on any atom is 0.324 e. The fourth-order valence-electron chi connectivity index (χ4n) is 6.00. The summed E-state index contributed by atoms with van der Waals surface area (Å²) in [6.07, 6.45) is 2.44. The van der Waals surface area contributed by atoms with Crippen LogP contribution >= 0.6 is 0 Å². The molecule has 5 rings (SSSR count). The summed E-state index contributed by atoms with van der Waals surface area (Å²) in [5.41, 5.74) is 2.30. The summed E-state index contributed by atoms with van der Waals surface area (Å²) in [5.74, 6) is 0.359. The highest BCUT2D eigenvalue weighted by molar-refractivity contribution is 5.99. The van der Waals surface area contributed by atoms with Crippen molar-refractivity contribution >= 4 is 23.5 Å². The smallest absolute Gasteiger partial charge is 0.324 e. The van der Waals surface area contributed by atoms with Gasteiger partial charge in [-0.1, -0.05) is 30.3 Å². The molecule has 2 aromatic rings. The number of carbonyl (C=O) groups excluding carboxylic acids is 3. The number of imide groups is 1. The number of nitrogens with zero attached hydrogens (tertiary/aromatic N) is 3. The van der Waals surface area contributed by atoms with Crippen LogP contribution in [0.15, 0.2) is 54.6 Å². The topological polar surface area (TPSA) is 94.2 Å². The van der Waals surface area contributed by atoms with E-state index < -0.39 is 0 Å². The standard InChI is InChI=1S/C30H39N5O4/c1-39-25-10-8-24(9-11-25)34-19-17-33(18-20-34)16-14-31-28(36)23-7-12-26-27(21-23)32-30(38)35(29(26)37)15-13-22-5-3-2-4-6-22/h2-6,8-11,23,26-27H,7,12-21H2,1H3,(H,31,36)(H,32,38). The number of amides is 4. The summed E-state index contributed by atoms with van der Waals surface area (Å²) in [6.45, 7) is 5.57. The van der Waals surface area contributed by atoms with Gasteiger partial charge in [0, 0.05) is 63.5 Å². The molecule has 4 amide bonds. The molecule has 9 heteroatoms. The molecule has 1 aliphatic carbocycles. The number of benzene rings is 2. The van der Waals surface area contributed by atoms with E-state index in [0.29, 0.717) is 38.8 Å². The number of hydrogen-bond donors (Lipinski definition) is 2. The SMILES string of the molecule is COc1ccc(N2CCN(CCNC(=O)C3CCC4C(=O)N(CCc5ccccc5)C(=O)NC4C3)CC2)cc1. The second-order valence-electron chi connectivity index (χ2n) is 10.7. The first-order chi connectivity index (χ1) is 19.0. The van der Waals surface area contributed by atoms with Crippen LogP contribution in [0.5, 0.6) is 5.75 Å². The van der Waals surface area contributed by atoms with Crippen molar-refractivity contribution in [1.29, 1.82) is 0 Å². The first-order valence-electron chi connectivity index (χ1n) is 14.1. The van der Waals surface area contributed by atoms with E-state index in [1.807, 2.05) is 42.5 Å². The van der Waals surface area contributed by atoms with Crippen molar-refractivity contribution in [1.82, 2.24) is 20.4 Å². The molecular formula is C30H39N5O4. The van der Waals surface area contributed by atoms with Gasteiger partial charge in [0.25, 0.3) is 0 Å². The minimum absolute atomic E-state index is 0.0264. The van der Waals surface area contributed by atoms with Crippen LogP contribution in [0.25, 0.3) is 0 Å². The number of hydrogen-bond acceptors (Lipinski definition) is 6. The Morgan fingerprint density at radius 3 is 2.44 bits per heavy atom. The number of piperazine rings is 1. The number of urea groups is 1. The molecule has 0 radical (unpaired) electrons. The van der Waals surface area contributed by atoms with Gasteiger partial charge in [-0.15, -0.1) is 0 Å². The Morgan fingerprint density at radius 1 is 0.974 bits per heavy atom. The predicted molar refractivity (Wildman–Crippen MR) is 150 cm³/mol. The van der Waals surface area contributed by atoms with E-state index in [9.17, 15) is 14.4 Å². The van der Waals surface area contributed by atoms with Crippen LogP contribution in [0.2, 0.25) is 0 Å². The molecule has 0 bridgehead atoms. The highest BCUT2D eigenvalue weighted by Crippen LogP contribution is 2.33. The molecule has 9 nitrogen and oxygen atoms in total. The van der Waals surface area contributed by atoms with E-state index >= 15 is 0 Å². The molecule has 2 saturated heterocycles. The van der Waals surface area contributed by atoms with Gasteiger partial charge in [-0.3, -0.25) is 19.4 Å². The number of nitrogens with one attached hydrogen (secondary N) is 2. The van der Waals surface area contributed by atoms with Crippen molar-refractivity contribution in [3.05, 3.63) is 60.2 Å². The average Bonchev–Trinajstić information content (AvgIpc) is 2.97. The number of ether oxygens (including phenoxy) is 1. The Bertz CT molecular complexity index is 1130. The van der Waals surface area contributed by atoms with Gasteiger partial charge in [0.1, 0.15) is 5.75 Å². The number of fused-ring (bicyclic) bond motifs is 1. The van der Waals surface area contributed by atoms with Crippen molar-refractivity contribution in [2.45, 2.75) is 31.7 Å². The van der Waals surface area contributed by atoms with Gasteiger partial charge < -0.3 is 20.3 Å². The third kappa shape index (κ3) is 6.53. The molecule has 1 saturated carbocycles. The van der Waals surface area contributed by atoms with Crippen LogP contribution in [0.3, 0.4) is 0 Å². The van der Waals surface area contributed by atoms with Gasteiger partial charge in [0.2, 0.25) is 11.8 Å². The van der Waals surface area contributed by atoms with Crippen LogP contribution in [0.4, 0.5) is 10.5 Å². The zero-order valence-corrected chi connectivity index (χ0v) is 22.7. The van der Waals surface area contributed by atoms with E-state index in [1.165, 1.54) is 10.6 Å². The summed E-state index contributed by atoms with van der Waals surface area (Å²) in [6, 6.07) is 17.4. The number of carbonyl (C=O) groups is 3. The third-order valence-electron chi connectivity index (χ3n) is 8.36. The highest BCUT2D eigenvalue weighted by Gasteiger charge is 2.45.